The van der Waals surface area contributed by atoms with Crippen LogP contribution in [-0.2, 0) is 9.63 Å². The minimum absolute atomic E-state index is 0.124. The second kappa shape index (κ2) is 8.75. The molecule has 2 unspecified atom stereocenters. The fourth-order valence-corrected chi connectivity index (χ4v) is 5.71. The lowest BCUT2D eigenvalue weighted by Gasteiger charge is -2.39. The SMILES string of the molecule is Cc1ccc(C)c(NC(=O)C23CCC(C)(C(=NOC(=O)c4cc([N+](=O)[O-])cc([N+](=O)[O-])c4)C2)C3(C)C)c1. The number of anilines is 1. The molecular formula is C26H28N4O7. The molecule has 2 saturated carbocycles. The molecular weight excluding hydrogens is 480 g/mol. The third-order valence-electron chi connectivity index (χ3n) is 8.61. The number of carbonyl (C=O) groups excluding carboxylic acids is 2. The number of nitro benzene ring substituents is 2. The van der Waals surface area contributed by atoms with Gasteiger partial charge in [-0.3, -0.25) is 25.0 Å². The molecule has 11 nitrogen and oxygen atoms in total. The summed E-state index contributed by atoms with van der Waals surface area (Å²) in [7, 11) is 0. The minimum Gasteiger partial charge on any atom is -0.325 e. The Kier molecular flexibility index (Phi) is 6.13. The van der Waals surface area contributed by atoms with Crippen molar-refractivity contribution < 1.29 is 24.3 Å². The molecule has 0 radical (unpaired) electrons. The summed E-state index contributed by atoms with van der Waals surface area (Å²) in [5.41, 5.74) is -0.170. The van der Waals surface area contributed by atoms with Gasteiger partial charge in [-0.25, -0.2) is 4.79 Å². The first kappa shape index (κ1) is 25.9. The van der Waals surface area contributed by atoms with Crippen LogP contribution in [0.15, 0.2) is 41.6 Å². The molecule has 2 aliphatic carbocycles. The maximum atomic E-state index is 13.7. The van der Waals surface area contributed by atoms with Crippen molar-refractivity contribution in [2.45, 2.75) is 53.9 Å². The van der Waals surface area contributed by atoms with Crippen molar-refractivity contribution in [3.8, 4) is 0 Å². The molecule has 0 spiro atoms. The van der Waals surface area contributed by atoms with Crippen LogP contribution >= 0.6 is 0 Å². The zero-order chi connectivity index (χ0) is 27.3. The van der Waals surface area contributed by atoms with E-state index in [4.69, 9.17) is 4.84 Å². The summed E-state index contributed by atoms with van der Waals surface area (Å²) in [6, 6.07) is 8.42. The minimum atomic E-state index is -1.06. The fourth-order valence-electron chi connectivity index (χ4n) is 5.71. The summed E-state index contributed by atoms with van der Waals surface area (Å²) in [6.07, 6.45) is 1.56. The van der Waals surface area contributed by atoms with Gasteiger partial charge in [-0.05, 0) is 49.3 Å². The van der Waals surface area contributed by atoms with Crippen molar-refractivity contribution >= 4 is 34.7 Å². The van der Waals surface area contributed by atoms with E-state index in [1.54, 1.807) is 0 Å². The van der Waals surface area contributed by atoms with Gasteiger partial charge < -0.3 is 10.2 Å². The maximum absolute atomic E-state index is 13.7. The summed E-state index contributed by atoms with van der Waals surface area (Å²) in [6.45, 7) is 9.89. The first-order valence-corrected chi connectivity index (χ1v) is 11.8. The van der Waals surface area contributed by atoms with Crippen LogP contribution in [-0.4, -0.2) is 27.4 Å². The van der Waals surface area contributed by atoms with E-state index in [1.807, 2.05) is 52.8 Å². The summed E-state index contributed by atoms with van der Waals surface area (Å²) in [5.74, 6) is -1.18. The molecule has 2 bridgehead atoms. The number of rotatable bonds is 6. The number of carbonyl (C=O) groups is 2. The van der Waals surface area contributed by atoms with Gasteiger partial charge >= 0.3 is 5.97 Å². The molecule has 2 aliphatic rings. The van der Waals surface area contributed by atoms with Gasteiger partial charge in [0.1, 0.15) is 0 Å². The molecule has 2 aromatic carbocycles. The van der Waals surface area contributed by atoms with Crippen molar-refractivity contribution in [2.75, 3.05) is 5.32 Å². The van der Waals surface area contributed by atoms with Gasteiger partial charge in [-0.1, -0.05) is 38.1 Å². The molecule has 0 saturated heterocycles. The summed E-state index contributed by atoms with van der Waals surface area (Å²) < 4.78 is 0. The largest absolute Gasteiger partial charge is 0.366 e. The van der Waals surface area contributed by atoms with E-state index in [2.05, 4.69) is 10.5 Å². The highest BCUT2D eigenvalue weighted by molar-refractivity contribution is 6.06. The number of hydrogen-bond acceptors (Lipinski definition) is 8. The summed E-state index contributed by atoms with van der Waals surface area (Å²) in [4.78, 5) is 52.2. The van der Waals surface area contributed by atoms with Crippen LogP contribution < -0.4 is 5.32 Å². The number of oxime groups is 1. The number of fused-ring (bicyclic) bond motifs is 2. The second-order valence-corrected chi connectivity index (χ2v) is 10.7. The molecule has 2 aromatic rings. The van der Waals surface area contributed by atoms with Crippen LogP contribution in [0, 0.1) is 50.3 Å². The highest BCUT2D eigenvalue weighted by Gasteiger charge is 2.71. The van der Waals surface area contributed by atoms with Gasteiger partial charge in [0.2, 0.25) is 5.91 Å². The van der Waals surface area contributed by atoms with Gasteiger partial charge in [0.15, 0.2) is 0 Å². The fraction of sp³-hybridized carbons (Fsp3) is 0.423. The highest BCUT2D eigenvalue weighted by Crippen LogP contribution is 2.71. The number of non-ortho nitro benzene ring substituents is 2. The van der Waals surface area contributed by atoms with Gasteiger partial charge in [0, 0.05) is 29.7 Å². The Hall–Kier alpha value is -4.15. The Bertz CT molecular complexity index is 1350. The topological polar surface area (TPSA) is 154 Å². The molecule has 37 heavy (non-hydrogen) atoms. The maximum Gasteiger partial charge on any atom is 0.366 e. The smallest absolute Gasteiger partial charge is 0.325 e. The van der Waals surface area contributed by atoms with Crippen LogP contribution in [0.4, 0.5) is 17.1 Å². The number of nitro groups is 2. The lowest BCUT2D eigenvalue weighted by Crippen LogP contribution is -2.43. The lowest BCUT2D eigenvalue weighted by atomic mass is 9.64. The number of nitrogens with one attached hydrogen (secondary N) is 1. The van der Waals surface area contributed by atoms with Crippen LogP contribution in [0.3, 0.4) is 0 Å². The van der Waals surface area contributed by atoms with Crippen LogP contribution in [0.1, 0.15) is 61.5 Å². The average Bonchev–Trinajstić information content (AvgIpc) is 3.15. The zero-order valence-corrected chi connectivity index (χ0v) is 21.3. The number of amides is 1. The van der Waals surface area contributed by atoms with Crippen molar-refractivity contribution in [1.29, 1.82) is 0 Å². The first-order valence-electron chi connectivity index (χ1n) is 11.8. The quantitative estimate of drug-likeness (QED) is 0.307. The Morgan fingerprint density at radius 1 is 0.973 bits per heavy atom. The van der Waals surface area contributed by atoms with Gasteiger partial charge in [0.25, 0.3) is 11.4 Å². The first-order chi connectivity index (χ1) is 17.2. The van der Waals surface area contributed by atoms with Crippen molar-refractivity contribution in [2.24, 2.45) is 21.4 Å². The molecule has 1 N–H and O–H groups in total. The summed E-state index contributed by atoms with van der Waals surface area (Å²) in [5, 5.41) is 29.5. The Morgan fingerprint density at radius 3 is 2.19 bits per heavy atom. The second-order valence-electron chi connectivity index (χ2n) is 10.7. The lowest BCUT2D eigenvalue weighted by molar-refractivity contribution is -0.394. The Labute approximate surface area is 213 Å². The average molecular weight is 509 g/mol. The molecule has 0 heterocycles. The standard InChI is InChI=1S/C26H28N4O7/c1-15-6-7-16(2)20(10-15)27-23(32)26-9-8-25(5,24(26,3)4)21(14-26)28-37-22(31)17-11-18(29(33)34)13-19(12-17)30(35)36/h6-7,10-13H,8-9,14H2,1-5H3,(H,27,32). The van der Waals surface area contributed by atoms with Crippen LogP contribution in [0.2, 0.25) is 0 Å². The Morgan fingerprint density at radius 2 is 1.59 bits per heavy atom. The van der Waals surface area contributed by atoms with E-state index in [9.17, 15) is 29.8 Å². The Balaban J connectivity index is 1.62. The van der Waals surface area contributed by atoms with Crippen molar-refractivity contribution in [1.82, 2.24) is 0 Å². The molecule has 0 aromatic heterocycles. The van der Waals surface area contributed by atoms with Gasteiger partial charge in [0.05, 0.1) is 32.6 Å². The molecule has 194 valence electrons. The van der Waals surface area contributed by atoms with E-state index < -0.39 is 43.4 Å². The number of hydrogen-bond donors (Lipinski definition) is 1. The number of aryl methyl sites for hydroxylation is 2. The normalized spacial score (nSPS) is 24.6. The predicted octanol–water partition coefficient (Wildman–Crippen LogP) is 5.49. The van der Waals surface area contributed by atoms with Crippen LogP contribution in [0.25, 0.3) is 0 Å². The van der Waals surface area contributed by atoms with E-state index in [0.717, 1.165) is 35.0 Å². The molecule has 11 heteroatoms. The van der Waals surface area contributed by atoms with E-state index in [1.165, 1.54) is 0 Å². The number of benzene rings is 2. The van der Waals surface area contributed by atoms with E-state index in [-0.39, 0.29) is 17.9 Å². The third kappa shape index (κ3) is 4.04. The molecule has 0 aliphatic heterocycles. The highest BCUT2D eigenvalue weighted by atomic mass is 16.7. The van der Waals surface area contributed by atoms with Gasteiger partial charge in [-0.2, -0.15) is 0 Å². The molecule has 2 fully saturated rings. The molecule has 4 rings (SSSR count). The molecule has 2 atom stereocenters. The van der Waals surface area contributed by atoms with Crippen molar-refractivity contribution in [3.63, 3.8) is 0 Å². The van der Waals surface area contributed by atoms with Crippen LogP contribution in [0.5, 0.6) is 0 Å². The third-order valence-corrected chi connectivity index (χ3v) is 8.61. The zero-order valence-electron chi connectivity index (χ0n) is 21.3. The molecule has 1 amide bonds. The number of nitrogens with zero attached hydrogens (tertiary/aromatic N) is 3. The monoisotopic (exact) mass is 508 g/mol. The van der Waals surface area contributed by atoms with E-state index in [0.29, 0.717) is 18.6 Å². The summed E-state index contributed by atoms with van der Waals surface area (Å²) >= 11 is 0. The predicted molar refractivity (Wildman–Crippen MR) is 135 cm³/mol. The van der Waals surface area contributed by atoms with Crippen molar-refractivity contribution in [3.05, 3.63) is 73.3 Å². The van der Waals surface area contributed by atoms with Gasteiger partial charge in [-0.15, -0.1) is 0 Å². The van der Waals surface area contributed by atoms with E-state index >= 15 is 0 Å².